The smallest absolute Gasteiger partial charge is 0.254 e. The quantitative estimate of drug-likeness (QED) is 0.724. The number of piperazine rings is 1. The van der Waals surface area contributed by atoms with Gasteiger partial charge >= 0.3 is 0 Å². The van der Waals surface area contributed by atoms with E-state index in [2.05, 4.69) is 9.62 Å². The molecule has 1 aromatic carbocycles. The predicted octanol–water partition coefficient (Wildman–Crippen LogP) is 0.993. The third kappa shape index (κ3) is 5.93. The Hall–Kier alpha value is -2.13. The number of rotatable bonds is 7. The molecular formula is C19H30N4O4S. The molecule has 1 aliphatic heterocycles. The van der Waals surface area contributed by atoms with E-state index in [-0.39, 0.29) is 11.8 Å². The third-order valence-corrected chi connectivity index (χ3v) is 5.51. The number of hydrogen-bond donors (Lipinski definition) is 1. The van der Waals surface area contributed by atoms with E-state index in [0.29, 0.717) is 57.1 Å². The summed E-state index contributed by atoms with van der Waals surface area (Å²) in [6.45, 7) is 9.83. The maximum absolute atomic E-state index is 12.8. The van der Waals surface area contributed by atoms with Gasteiger partial charge in [0, 0.05) is 44.8 Å². The molecule has 2 rings (SSSR count). The van der Waals surface area contributed by atoms with Crippen molar-refractivity contribution in [2.24, 2.45) is 0 Å². The van der Waals surface area contributed by atoms with E-state index >= 15 is 0 Å². The lowest BCUT2D eigenvalue weighted by molar-refractivity contribution is -0.132. The van der Waals surface area contributed by atoms with Crippen LogP contribution < -0.4 is 4.72 Å². The number of nitrogens with zero attached hydrogens (tertiary/aromatic N) is 3. The highest BCUT2D eigenvalue weighted by Crippen LogP contribution is 2.20. The van der Waals surface area contributed by atoms with Gasteiger partial charge in [0.15, 0.2) is 0 Å². The minimum Gasteiger partial charge on any atom is -0.342 e. The van der Waals surface area contributed by atoms with Crippen LogP contribution in [0.4, 0.5) is 5.69 Å². The fraction of sp³-hybridized carbons (Fsp3) is 0.579. The van der Waals surface area contributed by atoms with Gasteiger partial charge in [0.25, 0.3) is 5.91 Å². The Bertz CT molecular complexity index is 813. The number of carbonyl (C=O) groups is 2. The van der Waals surface area contributed by atoms with Crippen molar-refractivity contribution in [2.75, 3.05) is 56.8 Å². The standard InChI is InChI=1S/C19H30N4O4S/c1-5-22(6-2)18(24)14-21-9-11-23(12-10-21)19(25)16-8-7-15(3)17(13-16)20-28(4,26)27/h7-8,13,20H,5-6,9-12,14H2,1-4H3. The van der Waals surface area contributed by atoms with Crippen LogP contribution in [0.3, 0.4) is 0 Å². The molecule has 9 heteroatoms. The summed E-state index contributed by atoms with van der Waals surface area (Å²) >= 11 is 0. The van der Waals surface area contributed by atoms with Crippen molar-refractivity contribution in [3.05, 3.63) is 29.3 Å². The largest absolute Gasteiger partial charge is 0.342 e. The Kier molecular flexibility index (Phi) is 7.42. The maximum atomic E-state index is 12.8. The Morgan fingerprint density at radius 1 is 1.11 bits per heavy atom. The zero-order valence-corrected chi connectivity index (χ0v) is 17.9. The van der Waals surface area contributed by atoms with E-state index in [1.807, 2.05) is 13.8 Å². The van der Waals surface area contributed by atoms with Gasteiger partial charge in [-0.3, -0.25) is 19.2 Å². The lowest BCUT2D eigenvalue weighted by Crippen LogP contribution is -2.51. The van der Waals surface area contributed by atoms with E-state index in [1.165, 1.54) is 0 Å². The first-order valence-corrected chi connectivity index (χ1v) is 11.4. The molecule has 0 radical (unpaired) electrons. The van der Waals surface area contributed by atoms with E-state index in [9.17, 15) is 18.0 Å². The van der Waals surface area contributed by atoms with Crippen LogP contribution >= 0.6 is 0 Å². The molecule has 0 aliphatic carbocycles. The van der Waals surface area contributed by atoms with Gasteiger partial charge in [-0.15, -0.1) is 0 Å². The average Bonchev–Trinajstić information content (AvgIpc) is 2.63. The van der Waals surface area contributed by atoms with Gasteiger partial charge < -0.3 is 9.80 Å². The summed E-state index contributed by atoms with van der Waals surface area (Å²) in [6.07, 6.45) is 1.08. The molecule has 0 saturated carbocycles. The molecule has 0 spiro atoms. The number of nitrogens with one attached hydrogen (secondary N) is 1. The molecule has 156 valence electrons. The van der Waals surface area contributed by atoms with Gasteiger partial charge in [0.2, 0.25) is 15.9 Å². The van der Waals surface area contributed by atoms with E-state index in [4.69, 9.17) is 0 Å². The number of aryl methyl sites for hydroxylation is 1. The number of anilines is 1. The molecule has 0 unspecified atom stereocenters. The summed E-state index contributed by atoms with van der Waals surface area (Å²) < 4.78 is 25.5. The first-order valence-electron chi connectivity index (χ1n) is 9.52. The molecule has 0 bridgehead atoms. The third-order valence-electron chi connectivity index (χ3n) is 4.91. The highest BCUT2D eigenvalue weighted by molar-refractivity contribution is 7.92. The number of benzene rings is 1. The van der Waals surface area contributed by atoms with Crippen molar-refractivity contribution in [3.8, 4) is 0 Å². The number of hydrogen-bond acceptors (Lipinski definition) is 5. The second-order valence-corrected chi connectivity index (χ2v) is 8.79. The Balaban J connectivity index is 1.98. The number of carbonyl (C=O) groups excluding carboxylic acids is 2. The average molecular weight is 411 g/mol. The molecule has 1 N–H and O–H groups in total. The summed E-state index contributed by atoms with van der Waals surface area (Å²) in [5.41, 5.74) is 1.61. The topological polar surface area (TPSA) is 90.0 Å². The highest BCUT2D eigenvalue weighted by atomic mass is 32.2. The minimum atomic E-state index is -3.41. The van der Waals surface area contributed by atoms with Crippen LogP contribution in [-0.2, 0) is 14.8 Å². The van der Waals surface area contributed by atoms with Gasteiger partial charge in [-0.25, -0.2) is 8.42 Å². The molecule has 2 amide bonds. The monoisotopic (exact) mass is 410 g/mol. The minimum absolute atomic E-state index is 0.111. The van der Waals surface area contributed by atoms with Crippen LogP contribution in [-0.4, -0.2) is 87.0 Å². The summed E-state index contributed by atoms with van der Waals surface area (Å²) in [7, 11) is -3.41. The molecule has 0 atom stereocenters. The van der Waals surface area contributed by atoms with E-state index in [1.54, 1.807) is 34.9 Å². The Morgan fingerprint density at radius 3 is 2.25 bits per heavy atom. The van der Waals surface area contributed by atoms with Crippen molar-refractivity contribution >= 4 is 27.5 Å². The second-order valence-electron chi connectivity index (χ2n) is 7.04. The lowest BCUT2D eigenvalue weighted by Gasteiger charge is -2.35. The van der Waals surface area contributed by atoms with Crippen LogP contribution in [0, 0.1) is 6.92 Å². The summed E-state index contributed by atoms with van der Waals surface area (Å²) in [4.78, 5) is 30.7. The van der Waals surface area contributed by atoms with Crippen molar-refractivity contribution < 1.29 is 18.0 Å². The zero-order valence-electron chi connectivity index (χ0n) is 17.1. The van der Waals surface area contributed by atoms with Crippen LogP contribution in [0.2, 0.25) is 0 Å². The van der Waals surface area contributed by atoms with Crippen molar-refractivity contribution in [1.29, 1.82) is 0 Å². The summed E-state index contributed by atoms with van der Waals surface area (Å²) in [5, 5.41) is 0. The molecule has 1 heterocycles. The number of likely N-dealkylation sites (N-methyl/N-ethyl adjacent to an activating group) is 1. The molecule has 1 aromatic rings. The Morgan fingerprint density at radius 2 is 1.71 bits per heavy atom. The van der Waals surface area contributed by atoms with E-state index in [0.717, 1.165) is 11.8 Å². The van der Waals surface area contributed by atoms with Crippen molar-refractivity contribution in [2.45, 2.75) is 20.8 Å². The fourth-order valence-electron chi connectivity index (χ4n) is 3.22. The molecule has 1 fully saturated rings. The maximum Gasteiger partial charge on any atom is 0.254 e. The number of amides is 2. The summed E-state index contributed by atoms with van der Waals surface area (Å²) in [6, 6.07) is 5.02. The van der Waals surface area contributed by atoms with Gasteiger partial charge in [0.1, 0.15) is 0 Å². The highest BCUT2D eigenvalue weighted by Gasteiger charge is 2.24. The van der Waals surface area contributed by atoms with Gasteiger partial charge in [-0.05, 0) is 38.5 Å². The van der Waals surface area contributed by atoms with Crippen LogP contribution in [0.25, 0.3) is 0 Å². The van der Waals surface area contributed by atoms with Crippen LogP contribution in [0.5, 0.6) is 0 Å². The molecular weight excluding hydrogens is 380 g/mol. The van der Waals surface area contributed by atoms with Gasteiger partial charge in [0.05, 0.1) is 18.5 Å². The second kappa shape index (κ2) is 9.38. The fourth-order valence-corrected chi connectivity index (χ4v) is 3.84. The van der Waals surface area contributed by atoms with Gasteiger partial charge in [-0.2, -0.15) is 0 Å². The SMILES string of the molecule is CCN(CC)C(=O)CN1CCN(C(=O)c2ccc(C)c(NS(C)(=O)=O)c2)CC1. The van der Waals surface area contributed by atoms with Crippen LogP contribution in [0.1, 0.15) is 29.8 Å². The van der Waals surface area contributed by atoms with Crippen LogP contribution in [0.15, 0.2) is 18.2 Å². The normalized spacial score (nSPS) is 15.4. The van der Waals surface area contributed by atoms with Gasteiger partial charge in [-0.1, -0.05) is 6.07 Å². The first-order chi connectivity index (χ1) is 13.1. The van der Waals surface area contributed by atoms with Crippen molar-refractivity contribution in [3.63, 3.8) is 0 Å². The summed E-state index contributed by atoms with van der Waals surface area (Å²) in [5.74, 6) is -0.0222. The Labute approximate surface area is 167 Å². The molecule has 8 nitrogen and oxygen atoms in total. The predicted molar refractivity (Wildman–Crippen MR) is 110 cm³/mol. The van der Waals surface area contributed by atoms with E-state index < -0.39 is 10.0 Å². The lowest BCUT2D eigenvalue weighted by atomic mass is 10.1. The van der Waals surface area contributed by atoms with Crippen molar-refractivity contribution in [1.82, 2.24) is 14.7 Å². The zero-order chi connectivity index (χ0) is 20.9. The molecule has 1 aliphatic rings. The first kappa shape index (κ1) is 22.2. The molecule has 28 heavy (non-hydrogen) atoms. The number of sulfonamides is 1. The molecule has 1 saturated heterocycles. The molecule has 0 aromatic heterocycles.